The number of benzene rings is 3. The third-order valence-electron chi connectivity index (χ3n) is 5.37. The van der Waals surface area contributed by atoms with Crippen LogP contribution in [0.2, 0.25) is 0 Å². The fourth-order valence-corrected chi connectivity index (χ4v) is 4.52. The van der Waals surface area contributed by atoms with Crippen molar-refractivity contribution in [2.75, 3.05) is 24.5 Å². The van der Waals surface area contributed by atoms with Gasteiger partial charge in [0.15, 0.2) is 0 Å². The van der Waals surface area contributed by atoms with Crippen LogP contribution in [0.4, 0.5) is 10.1 Å². The molecule has 0 aliphatic heterocycles. The monoisotopic (exact) mass is 459 g/mol. The van der Waals surface area contributed by atoms with E-state index in [9.17, 15) is 9.18 Å². The van der Waals surface area contributed by atoms with Crippen molar-refractivity contribution in [3.8, 4) is 0 Å². The molecule has 1 heterocycles. The van der Waals surface area contributed by atoms with Gasteiger partial charge in [0.25, 0.3) is 5.91 Å². The first-order chi connectivity index (χ1) is 16.1. The summed E-state index contributed by atoms with van der Waals surface area (Å²) in [5, 5.41) is 4.59. The molecule has 1 amide bonds. The van der Waals surface area contributed by atoms with Crippen molar-refractivity contribution in [3.63, 3.8) is 0 Å². The van der Waals surface area contributed by atoms with Crippen LogP contribution >= 0.6 is 11.8 Å². The van der Waals surface area contributed by atoms with Gasteiger partial charge in [0.2, 0.25) is 0 Å². The zero-order valence-electron chi connectivity index (χ0n) is 18.5. The van der Waals surface area contributed by atoms with Gasteiger partial charge in [0.1, 0.15) is 10.8 Å². The van der Waals surface area contributed by atoms with Gasteiger partial charge in [-0.2, -0.15) is 0 Å². The van der Waals surface area contributed by atoms with E-state index in [-0.39, 0.29) is 11.7 Å². The maximum Gasteiger partial charge on any atom is 0.252 e. The van der Waals surface area contributed by atoms with E-state index in [4.69, 9.17) is 0 Å². The second kappa shape index (κ2) is 11.0. The van der Waals surface area contributed by atoms with E-state index in [0.717, 1.165) is 35.3 Å². The number of rotatable bonds is 9. The molecule has 1 aromatic heterocycles. The summed E-state index contributed by atoms with van der Waals surface area (Å²) >= 11 is 1.41. The van der Waals surface area contributed by atoms with E-state index >= 15 is 0 Å². The molecule has 0 aliphatic rings. The molecule has 0 saturated carbocycles. The van der Waals surface area contributed by atoms with Crippen molar-refractivity contribution >= 4 is 34.3 Å². The predicted octanol–water partition coefficient (Wildman–Crippen LogP) is 6.17. The number of halogens is 1. The Labute approximate surface area is 197 Å². The van der Waals surface area contributed by atoms with Gasteiger partial charge in [-0.25, -0.2) is 9.37 Å². The Bertz CT molecular complexity index is 1220. The minimum Gasteiger partial charge on any atom is -0.372 e. The first-order valence-corrected chi connectivity index (χ1v) is 11.9. The van der Waals surface area contributed by atoms with E-state index in [2.05, 4.69) is 34.3 Å². The van der Waals surface area contributed by atoms with Gasteiger partial charge < -0.3 is 10.2 Å². The Morgan fingerprint density at radius 1 is 1.00 bits per heavy atom. The molecule has 0 atom stereocenters. The molecule has 0 saturated heterocycles. The van der Waals surface area contributed by atoms with E-state index < -0.39 is 0 Å². The number of carbonyl (C=O) groups excluding carboxylic acids is 1. The zero-order chi connectivity index (χ0) is 23.0. The lowest BCUT2D eigenvalue weighted by atomic mass is 10.1. The first-order valence-electron chi connectivity index (χ1n) is 11.1. The van der Waals surface area contributed by atoms with Crippen LogP contribution in [0.25, 0.3) is 10.9 Å². The van der Waals surface area contributed by atoms with Gasteiger partial charge >= 0.3 is 0 Å². The number of hydrogen-bond donors (Lipinski definition) is 1. The van der Waals surface area contributed by atoms with Crippen LogP contribution in [0.15, 0.2) is 94.9 Å². The second-order valence-corrected chi connectivity index (χ2v) is 8.70. The molecule has 6 heteroatoms. The maximum absolute atomic E-state index is 13.2. The molecule has 4 rings (SSSR count). The van der Waals surface area contributed by atoms with Crippen LogP contribution in [-0.4, -0.2) is 30.5 Å². The van der Waals surface area contributed by atoms with Crippen LogP contribution in [0.3, 0.4) is 0 Å². The Hall–Kier alpha value is -3.38. The van der Waals surface area contributed by atoms with Crippen molar-refractivity contribution in [2.45, 2.75) is 23.3 Å². The Balaban J connectivity index is 1.45. The maximum atomic E-state index is 13.2. The molecule has 0 spiro atoms. The van der Waals surface area contributed by atoms with Gasteiger partial charge in [-0.1, -0.05) is 48.2 Å². The third-order valence-corrected chi connectivity index (χ3v) is 6.29. The summed E-state index contributed by atoms with van der Waals surface area (Å²) in [5.74, 6) is -0.392. The summed E-state index contributed by atoms with van der Waals surface area (Å²) in [4.78, 5) is 20.9. The standard InChI is InChI=1S/C27H26FN3OS/c1-2-31(21-9-4-3-5-10-21)18-8-17-29-27(32)24-19-26(30-25-12-7-6-11-23(24)25)33-22-15-13-20(28)14-16-22/h3-7,9-16,19H,2,8,17-18H2,1H3,(H,29,32). The largest absolute Gasteiger partial charge is 0.372 e. The highest BCUT2D eigenvalue weighted by atomic mass is 32.2. The Morgan fingerprint density at radius 2 is 1.73 bits per heavy atom. The van der Waals surface area contributed by atoms with Crippen molar-refractivity contribution in [2.24, 2.45) is 0 Å². The highest BCUT2D eigenvalue weighted by Gasteiger charge is 2.14. The molecule has 0 bridgehead atoms. The summed E-state index contributed by atoms with van der Waals surface area (Å²) in [6, 6.07) is 26.0. The topological polar surface area (TPSA) is 45.2 Å². The number of nitrogens with one attached hydrogen (secondary N) is 1. The minimum atomic E-state index is -0.278. The number of carbonyl (C=O) groups is 1. The fraction of sp³-hybridized carbons (Fsp3) is 0.185. The molecular formula is C27H26FN3OS. The number of amides is 1. The smallest absolute Gasteiger partial charge is 0.252 e. The summed E-state index contributed by atoms with van der Waals surface area (Å²) in [7, 11) is 0. The van der Waals surface area contributed by atoms with Crippen molar-refractivity contribution in [1.82, 2.24) is 10.3 Å². The van der Waals surface area contributed by atoms with Gasteiger partial charge in [0.05, 0.1) is 11.1 Å². The molecule has 3 aromatic carbocycles. The fourth-order valence-electron chi connectivity index (χ4n) is 3.69. The normalized spacial score (nSPS) is 10.8. The summed E-state index contributed by atoms with van der Waals surface area (Å²) in [5.41, 5.74) is 2.55. The summed E-state index contributed by atoms with van der Waals surface area (Å²) in [6.45, 7) is 4.49. The van der Waals surface area contributed by atoms with Gasteiger partial charge in [0, 0.05) is 35.6 Å². The van der Waals surface area contributed by atoms with Crippen LogP contribution in [-0.2, 0) is 0 Å². The minimum absolute atomic E-state index is 0.114. The van der Waals surface area contributed by atoms with E-state index in [1.165, 1.54) is 29.6 Å². The molecule has 4 nitrogen and oxygen atoms in total. The lowest BCUT2D eigenvalue weighted by Gasteiger charge is -2.23. The van der Waals surface area contributed by atoms with Crippen molar-refractivity contribution in [1.29, 1.82) is 0 Å². The van der Waals surface area contributed by atoms with Gasteiger partial charge in [-0.3, -0.25) is 4.79 Å². The van der Waals surface area contributed by atoms with Crippen molar-refractivity contribution in [3.05, 3.63) is 96.3 Å². The lowest BCUT2D eigenvalue weighted by molar-refractivity contribution is 0.0954. The third kappa shape index (κ3) is 5.90. The van der Waals surface area contributed by atoms with E-state index in [0.29, 0.717) is 17.1 Å². The molecular weight excluding hydrogens is 433 g/mol. The van der Waals surface area contributed by atoms with Gasteiger partial charge in [-0.05, 0) is 61.9 Å². The van der Waals surface area contributed by atoms with Crippen LogP contribution in [0.1, 0.15) is 23.7 Å². The number of para-hydroxylation sites is 2. The highest BCUT2D eigenvalue weighted by Crippen LogP contribution is 2.30. The number of aromatic nitrogens is 1. The average Bonchev–Trinajstić information content (AvgIpc) is 2.85. The van der Waals surface area contributed by atoms with Gasteiger partial charge in [-0.15, -0.1) is 0 Å². The van der Waals surface area contributed by atoms with E-state index in [1.54, 1.807) is 12.1 Å². The summed E-state index contributed by atoms with van der Waals surface area (Å²) in [6.07, 6.45) is 0.842. The molecule has 4 aromatic rings. The molecule has 33 heavy (non-hydrogen) atoms. The first kappa shape index (κ1) is 22.8. The molecule has 168 valence electrons. The van der Waals surface area contributed by atoms with Crippen molar-refractivity contribution < 1.29 is 9.18 Å². The number of hydrogen-bond acceptors (Lipinski definition) is 4. The Kier molecular flexibility index (Phi) is 7.58. The molecule has 0 aliphatic carbocycles. The molecule has 0 radical (unpaired) electrons. The number of pyridine rings is 1. The molecule has 1 N–H and O–H groups in total. The van der Waals surface area contributed by atoms with Crippen LogP contribution in [0.5, 0.6) is 0 Å². The molecule has 0 unspecified atom stereocenters. The zero-order valence-corrected chi connectivity index (χ0v) is 19.3. The number of anilines is 1. The SMILES string of the molecule is CCN(CCCNC(=O)c1cc(Sc2ccc(F)cc2)nc2ccccc12)c1ccccc1. The lowest BCUT2D eigenvalue weighted by Crippen LogP contribution is -2.30. The van der Waals surface area contributed by atoms with Crippen LogP contribution < -0.4 is 10.2 Å². The highest BCUT2D eigenvalue weighted by molar-refractivity contribution is 7.99. The quantitative estimate of drug-likeness (QED) is 0.304. The average molecular weight is 460 g/mol. The number of fused-ring (bicyclic) bond motifs is 1. The number of nitrogens with zero attached hydrogens (tertiary/aromatic N) is 2. The second-order valence-electron chi connectivity index (χ2n) is 7.61. The van der Waals surface area contributed by atoms with E-state index in [1.807, 2.05) is 48.5 Å². The van der Waals surface area contributed by atoms with Crippen LogP contribution in [0, 0.1) is 5.82 Å². The molecule has 0 fully saturated rings. The Morgan fingerprint density at radius 3 is 2.48 bits per heavy atom. The predicted molar refractivity (Wildman–Crippen MR) is 134 cm³/mol. The summed E-state index contributed by atoms with van der Waals surface area (Å²) < 4.78 is 13.2.